The van der Waals surface area contributed by atoms with E-state index in [0.29, 0.717) is 36.2 Å². The Morgan fingerprint density at radius 1 is 1.00 bits per heavy atom. The van der Waals surface area contributed by atoms with Crippen molar-refractivity contribution in [3.63, 3.8) is 0 Å². The first-order chi connectivity index (χ1) is 15.8. The average molecular weight is 466 g/mol. The Balaban J connectivity index is 1.57. The molecule has 188 valence electrons. The van der Waals surface area contributed by atoms with Crippen molar-refractivity contribution in [3.05, 3.63) is 12.2 Å². The van der Waals surface area contributed by atoms with Crippen molar-refractivity contribution in [3.8, 4) is 6.07 Å². The minimum absolute atomic E-state index is 0.0354. The van der Waals surface area contributed by atoms with Crippen LogP contribution in [-0.2, 0) is 4.79 Å². The molecular formula is C31H47NO2. The van der Waals surface area contributed by atoms with Crippen LogP contribution in [0.1, 0.15) is 99.3 Å². The van der Waals surface area contributed by atoms with Gasteiger partial charge in [-0.2, -0.15) is 5.26 Å². The van der Waals surface area contributed by atoms with Crippen molar-refractivity contribution in [1.29, 1.82) is 5.26 Å². The zero-order chi connectivity index (χ0) is 24.9. The Hall–Kier alpha value is -1.14. The standard InChI is InChI=1S/C31H47NO2/c1-19(2)21-10-13-31(18-33)15-14-29(6)22(25(21)31)8-9-24-28(5)16-20(17-32)26(34)27(3,4)23(28)11-12-30(24,29)7/h20-25,33H,1,8-16,18H2,2-7H3/t20?,21-,22+,23-,24+,25+,28-,29+,30+,31+/m0/s1. The van der Waals surface area contributed by atoms with Crippen LogP contribution in [0.2, 0.25) is 0 Å². The van der Waals surface area contributed by atoms with Gasteiger partial charge in [0.1, 0.15) is 5.92 Å². The zero-order valence-electron chi connectivity index (χ0n) is 22.5. The average Bonchev–Trinajstić information content (AvgIpc) is 3.17. The zero-order valence-corrected chi connectivity index (χ0v) is 22.5. The van der Waals surface area contributed by atoms with Crippen molar-refractivity contribution in [1.82, 2.24) is 0 Å². The Kier molecular flexibility index (Phi) is 5.37. The lowest BCUT2D eigenvalue weighted by atomic mass is 9.32. The second-order valence-corrected chi connectivity index (χ2v) is 14.7. The van der Waals surface area contributed by atoms with E-state index in [4.69, 9.17) is 0 Å². The van der Waals surface area contributed by atoms with Crippen molar-refractivity contribution in [2.75, 3.05) is 6.61 Å². The summed E-state index contributed by atoms with van der Waals surface area (Å²) in [6.45, 7) is 18.9. The quantitative estimate of drug-likeness (QED) is 0.449. The molecule has 1 unspecified atom stereocenters. The van der Waals surface area contributed by atoms with Crippen LogP contribution in [0.5, 0.6) is 0 Å². The number of aliphatic hydroxyl groups excluding tert-OH is 1. The van der Waals surface area contributed by atoms with E-state index in [9.17, 15) is 15.2 Å². The molecule has 0 saturated heterocycles. The van der Waals surface area contributed by atoms with E-state index < -0.39 is 11.3 Å². The smallest absolute Gasteiger partial charge is 0.155 e. The number of carbonyl (C=O) groups excluding carboxylic acids is 1. The number of nitriles is 1. The highest BCUT2D eigenvalue weighted by molar-refractivity contribution is 5.89. The van der Waals surface area contributed by atoms with Gasteiger partial charge < -0.3 is 5.11 Å². The van der Waals surface area contributed by atoms with Crippen LogP contribution in [0.15, 0.2) is 12.2 Å². The first-order valence-electron chi connectivity index (χ1n) is 14.0. The van der Waals surface area contributed by atoms with Gasteiger partial charge >= 0.3 is 0 Å². The summed E-state index contributed by atoms with van der Waals surface area (Å²) in [5, 5.41) is 20.6. The summed E-state index contributed by atoms with van der Waals surface area (Å²) in [7, 11) is 0. The fourth-order valence-corrected chi connectivity index (χ4v) is 11.7. The first-order valence-corrected chi connectivity index (χ1v) is 14.0. The summed E-state index contributed by atoms with van der Waals surface area (Å²) in [6, 6.07) is 2.42. The van der Waals surface area contributed by atoms with Gasteiger partial charge in [0.05, 0.1) is 6.07 Å². The monoisotopic (exact) mass is 465 g/mol. The van der Waals surface area contributed by atoms with Crippen LogP contribution in [0, 0.1) is 73.9 Å². The normalized spacial score (nSPS) is 53.6. The molecule has 5 aliphatic rings. The minimum atomic E-state index is -0.458. The van der Waals surface area contributed by atoms with Gasteiger partial charge in [0, 0.05) is 12.0 Å². The largest absolute Gasteiger partial charge is 0.396 e. The van der Waals surface area contributed by atoms with Crippen LogP contribution in [0.4, 0.5) is 0 Å². The number of Topliss-reactive ketones (excluding diaryl/α,β-unsaturated/α-hetero) is 1. The van der Waals surface area contributed by atoms with E-state index in [-0.39, 0.29) is 27.4 Å². The van der Waals surface area contributed by atoms with Crippen LogP contribution in [0.3, 0.4) is 0 Å². The lowest BCUT2D eigenvalue weighted by molar-refractivity contribution is -0.238. The summed E-state index contributed by atoms with van der Waals surface area (Å²) in [5.74, 6) is 2.36. The highest BCUT2D eigenvalue weighted by Gasteiger charge is 2.71. The van der Waals surface area contributed by atoms with E-state index in [0.717, 1.165) is 25.7 Å². The molecule has 0 bridgehead atoms. The Morgan fingerprint density at radius 2 is 1.71 bits per heavy atom. The van der Waals surface area contributed by atoms with Gasteiger partial charge in [0.15, 0.2) is 5.78 Å². The fourth-order valence-electron chi connectivity index (χ4n) is 11.7. The number of hydrogen-bond donors (Lipinski definition) is 1. The molecule has 0 aromatic heterocycles. The van der Waals surface area contributed by atoms with E-state index in [1.165, 1.54) is 37.7 Å². The number of aliphatic hydroxyl groups is 1. The molecule has 0 heterocycles. The molecule has 5 saturated carbocycles. The highest BCUT2D eigenvalue weighted by atomic mass is 16.3. The van der Waals surface area contributed by atoms with Crippen molar-refractivity contribution in [2.24, 2.45) is 62.6 Å². The lowest BCUT2D eigenvalue weighted by Crippen LogP contribution is -2.67. The fraction of sp³-hybridized carbons (Fsp3) is 0.871. The van der Waals surface area contributed by atoms with Crippen LogP contribution >= 0.6 is 0 Å². The maximum Gasteiger partial charge on any atom is 0.155 e. The van der Waals surface area contributed by atoms with Crippen LogP contribution < -0.4 is 0 Å². The third kappa shape index (κ3) is 2.76. The maximum absolute atomic E-state index is 13.2. The molecule has 0 radical (unpaired) electrons. The topological polar surface area (TPSA) is 61.1 Å². The summed E-state index contributed by atoms with van der Waals surface area (Å²) in [6.07, 6.45) is 10.1. The minimum Gasteiger partial charge on any atom is -0.396 e. The molecule has 34 heavy (non-hydrogen) atoms. The number of nitrogens with zero attached hydrogens (tertiary/aromatic N) is 1. The molecule has 1 N–H and O–H groups in total. The van der Waals surface area contributed by atoms with Crippen molar-refractivity contribution in [2.45, 2.75) is 99.3 Å². The van der Waals surface area contributed by atoms with Crippen molar-refractivity contribution < 1.29 is 9.90 Å². The Morgan fingerprint density at radius 3 is 2.32 bits per heavy atom. The maximum atomic E-state index is 13.2. The number of rotatable bonds is 2. The molecule has 5 rings (SSSR count). The van der Waals surface area contributed by atoms with Crippen molar-refractivity contribution >= 4 is 5.78 Å². The number of allylic oxidation sites excluding steroid dienone is 1. The van der Waals surface area contributed by atoms with Gasteiger partial charge in [-0.15, -0.1) is 0 Å². The molecule has 3 nitrogen and oxygen atoms in total. The number of ketones is 1. The van der Waals surface area contributed by atoms with Gasteiger partial charge in [-0.3, -0.25) is 4.79 Å². The second-order valence-electron chi connectivity index (χ2n) is 14.7. The molecule has 10 atom stereocenters. The lowest BCUT2D eigenvalue weighted by Gasteiger charge is -2.72. The summed E-state index contributed by atoms with van der Waals surface area (Å²) in [4.78, 5) is 13.2. The van der Waals surface area contributed by atoms with Crippen LogP contribution in [-0.4, -0.2) is 17.5 Å². The van der Waals surface area contributed by atoms with Gasteiger partial charge in [0.25, 0.3) is 0 Å². The molecule has 5 fully saturated rings. The van der Waals surface area contributed by atoms with Crippen LogP contribution in [0.25, 0.3) is 0 Å². The Bertz CT molecular complexity index is 946. The number of fused-ring (bicyclic) bond motifs is 7. The highest BCUT2D eigenvalue weighted by Crippen LogP contribution is 2.77. The molecule has 0 spiro atoms. The summed E-state index contributed by atoms with van der Waals surface area (Å²) in [5.41, 5.74) is 1.47. The third-order valence-electron chi connectivity index (χ3n) is 13.4. The summed E-state index contributed by atoms with van der Waals surface area (Å²) >= 11 is 0. The molecule has 0 aliphatic heterocycles. The van der Waals surface area contributed by atoms with E-state index >= 15 is 0 Å². The van der Waals surface area contributed by atoms with E-state index in [1.807, 2.05) is 0 Å². The van der Waals surface area contributed by atoms with Gasteiger partial charge in [-0.25, -0.2) is 0 Å². The van der Waals surface area contributed by atoms with Gasteiger partial charge in [-0.1, -0.05) is 46.8 Å². The third-order valence-corrected chi connectivity index (χ3v) is 13.4. The predicted molar refractivity (Wildman–Crippen MR) is 136 cm³/mol. The molecule has 3 heteroatoms. The SMILES string of the molecule is C=C(C)[C@@H]1CC[C@]2(CO)CC[C@]3(C)[C@H](CC[C@@H]4[C@@]5(C)CC(C#N)C(=O)C(C)(C)[C@@H]5CC[C@]43C)[C@@H]12. The second kappa shape index (κ2) is 7.44. The first kappa shape index (κ1) is 24.5. The predicted octanol–water partition coefficient (Wildman–Crippen LogP) is 6.96. The van der Waals surface area contributed by atoms with E-state index in [1.54, 1.807) is 0 Å². The number of carbonyl (C=O) groups is 1. The Labute approximate surface area is 207 Å². The van der Waals surface area contributed by atoms with E-state index in [2.05, 4.69) is 54.2 Å². The molecular weight excluding hydrogens is 418 g/mol. The molecule has 5 aliphatic carbocycles. The number of hydrogen-bond acceptors (Lipinski definition) is 3. The molecule has 0 aromatic carbocycles. The molecule has 0 aromatic rings. The van der Waals surface area contributed by atoms with Gasteiger partial charge in [-0.05, 0) is 116 Å². The molecule has 0 amide bonds. The summed E-state index contributed by atoms with van der Waals surface area (Å²) < 4.78 is 0. The van der Waals surface area contributed by atoms with Gasteiger partial charge in [0.2, 0.25) is 0 Å².